The smallest absolute Gasteiger partial charge is 0.310 e. The van der Waals surface area contributed by atoms with E-state index in [9.17, 15) is 19.2 Å². The van der Waals surface area contributed by atoms with Crippen molar-refractivity contribution in [3.05, 3.63) is 47.6 Å². The molecule has 5 heteroatoms. The highest BCUT2D eigenvalue weighted by molar-refractivity contribution is 6.32. The third-order valence-electron chi connectivity index (χ3n) is 5.61. The topological polar surface area (TPSA) is 77.5 Å². The highest BCUT2D eigenvalue weighted by Gasteiger charge is 2.62. The van der Waals surface area contributed by atoms with Gasteiger partial charge in [0.15, 0.2) is 12.1 Å². The Balaban J connectivity index is 2.08. The molecule has 1 saturated carbocycles. The second kappa shape index (κ2) is 7.99. The first kappa shape index (κ1) is 20.7. The fourth-order valence-corrected chi connectivity index (χ4v) is 3.64. The molecule has 5 nitrogen and oxygen atoms in total. The van der Waals surface area contributed by atoms with Gasteiger partial charge >= 0.3 is 5.97 Å². The van der Waals surface area contributed by atoms with E-state index in [1.807, 2.05) is 26.8 Å². The molecular formula is C22H26O5. The second-order valence-electron chi connectivity index (χ2n) is 7.74. The van der Waals surface area contributed by atoms with Crippen LogP contribution >= 0.6 is 0 Å². The minimum absolute atomic E-state index is 0.00191. The number of carbonyl (C=O) groups excluding carboxylic acids is 4. The molecule has 0 aromatic heterocycles. The Morgan fingerprint density at radius 1 is 1.33 bits per heavy atom. The Labute approximate surface area is 159 Å². The van der Waals surface area contributed by atoms with Gasteiger partial charge < -0.3 is 4.74 Å². The average Bonchev–Trinajstić information content (AvgIpc) is 3.05. The molecule has 2 unspecified atom stereocenters. The van der Waals surface area contributed by atoms with Crippen LogP contribution in [0.1, 0.15) is 40.5 Å². The molecule has 0 aromatic rings. The first-order valence-electron chi connectivity index (χ1n) is 9.04. The summed E-state index contributed by atoms with van der Waals surface area (Å²) in [5.74, 6) is -1.50. The van der Waals surface area contributed by atoms with E-state index in [-0.39, 0.29) is 41.7 Å². The molecule has 2 aliphatic carbocycles. The summed E-state index contributed by atoms with van der Waals surface area (Å²) in [4.78, 5) is 46.9. The van der Waals surface area contributed by atoms with Gasteiger partial charge in [-0.15, -0.1) is 0 Å². The first-order chi connectivity index (χ1) is 12.6. The van der Waals surface area contributed by atoms with Crippen LogP contribution in [0.3, 0.4) is 0 Å². The maximum absolute atomic E-state index is 12.7. The van der Waals surface area contributed by atoms with E-state index in [2.05, 4.69) is 6.58 Å². The van der Waals surface area contributed by atoms with E-state index in [0.717, 1.165) is 5.57 Å². The monoisotopic (exact) mass is 370 g/mol. The van der Waals surface area contributed by atoms with Crippen molar-refractivity contribution in [2.45, 2.75) is 46.6 Å². The molecule has 2 rings (SSSR count). The summed E-state index contributed by atoms with van der Waals surface area (Å²) < 4.78 is 5.64. The van der Waals surface area contributed by atoms with Crippen molar-refractivity contribution in [2.24, 2.45) is 17.3 Å². The van der Waals surface area contributed by atoms with Crippen LogP contribution in [0.4, 0.5) is 0 Å². The van der Waals surface area contributed by atoms with Gasteiger partial charge in [0.05, 0.1) is 12.3 Å². The Kier molecular flexibility index (Phi) is 6.14. The minimum Gasteiger partial charge on any atom is -0.457 e. The number of hydrogen-bond donors (Lipinski definition) is 0. The Hall–Kier alpha value is -2.56. The van der Waals surface area contributed by atoms with Gasteiger partial charge in [0.2, 0.25) is 5.78 Å². The minimum atomic E-state index is -0.581. The largest absolute Gasteiger partial charge is 0.457 e. The van der Waals surface area contributed by atoms with Gasteiger partial charge in [0.25, 0.3) is 0 Å². The number of ether oxygens (including phenoxy) is 1. The van der Waals surface area contributed by atoms with Crippen LogP contribution in [0.25, 0.3) is 0 Å². The number of hydrogen-bond acceptors (Lipinski definition) is 5. The van der Waals surface area contributed by atoms with E-state index in [1.165, 1.54) is 0 Å². The highest BCUT2D eigenvalue weighted by Crippen LogP contribution is 2.60. The number of esters is 1. The fraction of sp³-hybridized carbons (Fsp3) is 0.455. The van der Waals surface area contributed by atoms with Crippen LogP contribution in [0, 0.1) is 17.3 Å². The molecule has 0 spiro atoms. The van der Waals surface area contributed by atoms with E-state index >= 15 is 0 Å². The zero-order chi connectivity index (χ0) is 20.4. The van der Waals surface area contributed by atoms with Crippen molar-refractivity contribution in [1.82, 2.24) is 0 Å². The first-order valence-corrected chi connectivity index (χ1v) is 9.04. The molecule has 0 N–H and O–H groups in total. The average molecular weight is 370 g/mol. The number of ketones is 2. The molecule has 144 valence electrons. The molecule has 0 saturated heterocycles. The SMILES string of the molecule is C=C/C=C/CC1=C(C)C(OC(=O)[C@@H]2C(/C=C(\C)C(=O)C=O)C2(C)C)CC1=O. The van der Waals surface area contributed by atoms with Crippen molar-refractivity contribution in [2.75, 3.05) is 0 Å². The standard InChI is InChI=1S/C22H26O5/c1-6-7-8-9-15-14(3)19(11-17(15)24)27-21(26)20-16(22(20,4)5)10-13(2)18(25)12-23/h6-8,10,12,16,19-20H,1,9,11H2,2-5H3/b8-7+,13-10+/t16?,19?,20-/m0/s1. The van der Waals surface area contributed by atoms with Crippen molar-refractivity contribution in [3.8, 4) is 0 Å². The fourth-order valence-electron chi connectivity index (χ4n) is 3.64. The summed E-state index contributed by atoms with van der Waals surface area (Å²) in [6, 6.07) is 0. The molecule has 0 amide bonds. The summed E-state index contributed by atoms with van der Waals surface area (Å²) >= 11 is 0. The van der Waals surface area contributed by atoms with Gasteiger partial charge in [0, 0.05) is 5.57 Å². The summed E-state index contributed by atoms with van der Waals surface area (Å²) in [7, 11) is 0. The lowest BCUT2D eigenvalue weighted by Gasteiger charge is -2.13. The third-order valence-corrected chi connectivity index (χ3v) is 5.61. The quantitative estimate of drug-likeness (QED) is 0.215. The predicted molar refractivity (Wildman–Crippen MR) is 102 cm³/mol. The van der Waals surface area contributed by atoms with Gasteiger partial charge in [-0.2, -0.15) is 0 Å². The summed E-state index contributed by atoms with van der Waals surface area (Å²) in [5, 5.41) is 0. The summed E-state index contributed by atoms with van der Waals surface area (Å²) in [6.45, 7) is 10.8. The predicted octanol–water partition coefficient (Wildman–Crippen LogP) is 3.31. The van der Waals surface area contributed by atoms with Crippen LogP contribution < -0.4 is 0 Å². The number of allylic oxidation sites excluding steroid dienone is 6. The van der Waals surface area contributed by atoms with Gasteiger partial charge in [-0.05, 0) is 42.7 Å². The van der Waals surface area contributed by atoms with Crippen LogP contribution in [0.15, 0.2) is 47.6 Å². The van der Waals surface area contributed by atoms with Crippen molar-refractivity contribution >= 4 is 23.8 Å². The van der Waals surface area contributed by atoms with Crippen LogP contribution in [-0.4, -0.2) is 29.9 Å². The molecule has 0 aromatic carbocycles. The lowest BCUT2D eigenvalue weighted by atomic mass is 10.1. The van der Waals surface area contributed by atoms with Crippen molar-refractivity contribution in [3.63, 3.8) is 0 Å². The van der Waals surface area contributed by atoms with Crippen molar-refractivity contribution in [1.29, 1.82) is 0 Å². The van der Waals surface area contributed by atoms with Crippen LogP contribution in [0.5, 0.6) is 0 Å². The Morgan fingerprint density at radius 3 is 2.59 bits per heavy atom. The zero-order valence-corrected chi connectivity index (χ0v) is 16.3. The molecular weight excluding hydrogens is 344 g/mol. The summed E-state index contributed by atoms with van der Waals surface area (Å²) in [5.41, 5.74) is 1.46. The van der Waals surface area contributed by atoms with Gasteiger partial charge in [-0.1, -0.05) is 44.7 Å². The maximum Gasteiger partial charge on any atom is 0.310 e. The Morgan fingerprint density at radius 2 is 2.00 bits per heavy atom. The van der Waals surface area contributed by atoms with E-state index in [0.29, 0.717) is 17.6 Å². The molecule has 1 fully saturated rings. The van der Waals surface area contributed by atoms with Crippen LogP contribution in [-0.2, 0) is 23.9 Å². The maximum atomic E-state index is 12.7. The summed E-state index contributed by atoms with van der Waals surface area (Å²) in [6.07, 6.45) is 7.36. The van der Waals surface area contributed by atoms with Gasteiger partial charge in [-0.25, -0.2) is 0 Å². The van der Waals surface area contributed by atoms with Gasteiger partial charge in [0.1, 0.15) is 6.10 Å². The molecule has 0 bridgehead atoms. The second-order valence-corrected chi connectivity index (χ2v) is 7.74. The lowest BCUT2D eigenvalue weighted by molar-refractivity contribution is -0.150. The number of rotatable bonds is 8. The number of aldehydes is 1. The highest BCUT2D eigenvalue weighted by atomic mass is 16.5. The van der Waals surface area contributed by atoms with E-state index in [1.54, 1.807) is 25.2 Å². The van der Waals surface area contributed by atoms with Crippen LogP contribution in [0.2, 0.25) is 0 Å². The molecule has 27 heavy (non-hydrogen) atoms. The number of Topliss-reactive ketones (excluding diaryl/α,β-unsaturated/α-hetero) is 2. The van der Waals surface area contributed by atoms with Crippen molar-refractivity contribution < 1.29 is 23.9 Å². The molecule has 0 radical (unpaired) electrons. The van der Waals surface area contributed by atoms with E-state index < -0.39 is 11.9 Å². The molecule has 2 aliphatic rings. The normalized spacial score (nSPS) is 27.0. The Bertz CT molecular complexity index is 779. The zero-order valence-electron chi connectivity index (χ0n) is 16.3. The van der Waals surface area contributed by atoms with Gasteiger partial charge in [-0.3, -0.25) is 19.2 Å². The third kappa shape index (κ3) is 4.24. The molecule has 3 atom stereocenters. The van der Waals surface area contributed by atoms with E-state index in [4.69, 9.17) is 4.74 Å². The molecule has 0 aliphatic heterocycles. The molecule has 0 heterocycles. The number of carbonyl (C=O) groups is 4. The lowest BCUT2D eigenvalue weighted by Crippen LogP contribution is -2.20.